The zero-order chi connectivity index (χ0) is 95.5. The topological polar surface area (TPSA) is 65.0 Å². The average Bonchev–Trinajstić information content (AvgIpc) is 1.08. The molecule has 0 atom stereocenters. The van der Waals surface area contributed by atoms with Crippen molar-refractivity contribution in [1.29, 1.82) is 0 Å². The smallest absolute Gasteiger partial charge is 0.146 e. The van der Waals surface area contributed by atoms with E-state index in [1.54, 1.807) is 0 Å². The lowest BCUT2D eigenvalue weighted by Crippen LogP contribution is -1.93. The number of hydrogen-bond acceptors (Lipinski definition) is 4. The molecule has 33 aromatic rings. The van der Waals surface area contributed by atoms with Gasteiger partial charge in [-0.25, -0.2) is 15.0 Å². The Kier molecular flexibility index (Phi) is 17.9. The highest BCUT2D eigenvalue weighted by atomic mass is 16.3. The molecule has 0 aliphatic carbocycles. The van der Waals surface area contributed by atoms with Crippen molar-refractivity contribution in [2.75, 3.05) is 0 Å². The summed E-state index contributed by atoms with van der Waals surface area (Å²) in [7, 11) is 0. The molecule has 0 unspecified atom stereocenters. The first-order chi connectivity index (χ1) is 72.4. The van der Waals surface area contributed by atoms with E-state index >= 15 is 0 Å². The van der Waals surface area contributed by atoms with Gasteiger partial charge in [-0.2, -0.15) is 0 Å². The van der Waals surface area contributed by atoms with E-state index in [9.17, 15) is 0 Å². The maximum absolute atomic E-state index is 6.39. The molecule has 0 bridgehead atoms. The van der Waals surface area contributed by atoms with Crippen LogP contribution < -0.4 is 0 Å². The molecule has 674 valence electrons. The minimum Gasteiger partial charge on any atom is -0.455 e. The molecule has 0 aliphatic heterocycles. The molecule has 0 aliphatic rings. The van der Waals surface area contributed by atoms with Crippen LogP contribution in [0.25, 0.3) is 311 Å². The molecular weight excluding hydrogens is 1770 g/mol. The van der Waals surface area contributed by atoms with Crippen molar-refractivity contribution in [2.45, 2.75) is 0 Å². The highest BCUT2D eigenvalue weighted by Gasteiger charge is 2.25. The van der Waals surface area contributed by atoms with Crippen LogP contribution in [0.3, 0.4) is 0 Å². The summed E-state index contributed by atoms with van der Waals surface area (Å²) in [5, 5.41) is 38.8. The zero-order valence-electron chi connectivity index (χ0n) is 78.9. The predicted octanol–water partition coefficient (Wildman–Crippen LogP) is 37.8. The first-order valence-electron chi connectivity index (χ1n) is 50.2. The van der Waals surface area contributed by atoms with Crippen LogP contribution in [0.15, 0.2) is 502 Å². The van der Waals surface area contributed by atoms with Crippen LogP contribution in [-0.2, 0) is 0 Å². The Bertz CT molecular complexity index is 11500. The number of hydrogen-bond donors (Lipinski definition) is 0. The summed E-state index contributed by atoms with van der Waals surface area (Å²) in [6.45, 7) is 0. The number of pyridine rings is 3. The lowest BCUT2D eigenvalue weighted by atomic mass is 9.87. The SMILES string of the molecule is c1cc(-c2ccc3c4c5ccccc5ccc4c4nc5ccccc5n4c3c2)cc(-c2cc3c4ccccc4c4ccccc4c3c3ccccc23)c1.c1cc(-c2ccc3c4c5ccccc5ccc4c4nc5ccccc5n4c3c2)cc(-c2cccc3c2oc2ccccc23)c1.c1cc(-c2ccc3c4ccccc4c4ccccc4c3c2)cc(-c2ccc3c4c5ccccc5ccc4c4nc5ccccc5n4c3c2)c1. The second-order valence-corrected chi connectivity index (χ2v) is 39.0. The molecule has 0 radical (unpaired) electrons. The summed E-state index contributed by atoms with van der Waals surface area (Å²) in [6, 6.07) is 181. The van der Waals surface area contributed by atoms with Gasteiger partial charge in [0, 0.05) is 64.8 Å². The molecule has 7 heteroatoms. The van der Waals surface area contributed by atoms with Crippen LogP contribution in [0, 0.1) is 0 Å². The van der Waals surface area contributed by atoms with Crippen molar-refractivity contribution < 1.29 is 4.42 Å². The summed E-state index contributed by atoms with van der Waals surface area (Å²) >= 11 is 0. The van der Waals surface area contributed by atoms with Gasteiger partial charge in [0.15, 0.2) is 0 Å². The van der Waals surface area contributed by atoms with Crippen LogP contribution in [0.1, 0.15) is 0 Å². The van der Waals surface area contributed by atoms with Gasteiger partial charge in [0.2, 0.25) is 0 Å². The van der Waals surface area contributed by atoms with Gasteiger partial charge >= 0.3 is 0 Å². The van der Waals surface area contributed by atoms with Crippen LogP contribution in [0.2, 0.25) is 0 Å². The van der Waals surface area contributed by atoms with Gasteiger partial charge in [-0.05, 0) is 278 Å². The molecule has 0 fully saturated rings. The lowest BCUT2D eigenvalue weighted by Gasteiger charge is -2.17. The Hall–Kier alpha value is -19.5. The Morgan fingerprint density at radius 3 is 0.863 bits per heavy atom. The van der Waals surface area contributed by atoms with Gasteiger partial charge in [-0.1, -0.05) is 388 Å². The molecule has 0 amide bonds. The maximum Gasteiger partial charge on any atom is 0.146 e. The van der Waals surface area contributed by atoms with Crippen molar-refractivity contribution in [1.82, 2.24) is 28.2 Å². The Labute approximate surface area is 835 Å². The Balaban J connectivity index is 0.0000000999. The first kappa shape index (κ1) is 81.4. The second kappa shape index (κ2) is 32.0. The summed E-state index contributed by atoms with van der Waals surface area (Å²) < 4.78 is 13.4. The van der Waals surface area contributed by atoms with Crippen molar-refractivity contribution in [3.63, 3.8) is 0 Å². The van der Waals surface area contributed by atoms with Crippen molar-refractivity contribution in [2.24, 2.45) is 0 Å². The predicted molar refractivity (Wildman–Crippen MR) is 618 cm³/mol. The molecule has 0 spiro atoms. The Morgan fingerprint density at radius 1 is 0.144 bits per heavy atom. The number of rotatable bonds is 6. The highest BCUT2D eigenvalue weighted by molar-refractivity contribution is 6.35. The number of furan rings is 1. The molecule has 26 aromatic carbocycles. The van der Waals surface area contributed by atoms with Gasteiger partial charge in [0.1, 0.15) is 28.1 Å². The monoisotopic (exact) mass is 1850 g/mol. The quantitative estimate of drug-likeness (QED) is 0.156. The first-order valence-corrected chi connectivity index (χ1v) is 50.2. The minimum absolute atomic E-state index is 0.914. The fraction of sp³-hybridized carbons (Fsp3) is 0. The molecular formula is C139H82N6O. The normalized spacial score (nSPS) is 12.1. The number of aromatic nitrogens is 6. The molecule has 0 saturated carbocycles. The van der Waals surface area contributed by atoms with Crippen molar-refractivity contribution >= 4 is 245 Å². The third-order valence-corrected chi connectivity index (χ3v) is 31.2. The van der Waals surface area contributed by atoms with Crippen molar-refractivity contribution in [3.05, 3.63) is 497 Å². The molecule has 0 saturated heterocycles. The number of imidazole rings is 3. The van der Waals surface area contributed by atoms with Crippen LogP contribution in [0.5, 0.6) is 0 Å². The highest BCUT2D eigenvalue weighted by Crippen LogP contribution is 2.49. The molecule has 7 aromatic heterocycles. The number of benzene rings is 26. The fourth-order valence-electron chi connectivity index (χ4n) is 24.6. The average molecular weight is 1850 g/mol. The molecule has 146 heavy (non-hydrogen) atoms. The standard InChI is InChI=1S/C51H30N2.C47H28N2.C41H24N2O/c1-2-15-35-31(12-1)24-27-43-49(35)42-26-25-33(29-48(42)53-47-23-10-9-22-46(47)52-51(43)53)32-13-11-14-34(28-32)44-30-45-38-18-4-3-16-36(38)37-17-5-7-20-40(37)50(45)41-21-8-6-19-39(41)44;1-2-13-34-29(10-1)20-25-41-46(34)40-24-22-33(28-45(40)49-44-19-8-7-18-43(44)48-47(41)49)31-12-9-11-30(26-31)32-21-23-39-37-16-4-3-14-35(37)36-15-5-6-17-38(36)42(39)27-32;1-2-12-29-25(9-1)19-22-34-39(29)33-21-20-27(24-37(33)43-36-17-5-4-16-35(36)42-41(34)43)26-10-7-11-28(23-26)30-14-8-15-32-31-13-3-6-18-38(31)44-40(30)32/h1-30H;1-28H;1-24H. The Morgan fingerprint density at radius 2 is 0.425 bits per heavy atom. The maximum atomic E-state index is 6.39. The third-order valence-electron chi connectivity index (χ3n) is 31.2. The summed E-state index contributed by atoms with van der Waals surface area (Å²) in [5.74, 6) is 0. The molecule has 0 N–H and O–H groups in total. The zero-order valence-corrected chi connectivity index (χ0v) is 78.9. The van der Waals surface area contributed by atoms with Crippen molar-refractivity contribution in [3.8, 4) is 66.8 Å². The van der Waals surface area contributed by atoms with Crippen LogP contribution >= 0.6 is 0 Å². The van der Waals surface area contributed by atoms with Gasteiger partial charge in [-0.15, -0.1) is 0 Å². The van der Waals surface area contributed by atoms with E-state index in [4.69, 9.17) is 19.4 Å². The van der Waals surface area contributed by atoms with Gasteiger partial charge in [0.05, 0.1) is 49.7 Å². The molecule has 7 heterocycles. The fourth-order valence-corrected chi connectivity index (χ4v) is 24.6. The van der Waals surface area contributed by atoms with E-state index in [1.807, 2.05) is 12.1 Å². The number of fused-ring (bicyclic) bond motifs is 47. The minimum atomic E-state index is 0.914. The van der Waals surface area contributed by atoms with Crippen LogP contribution in [0.4, 0.5) is 0 Å². The number of para-hydroxylation sites is 8. The molecule has 7 nitrogen and oxygen atoms in total. The van der Waals surface area contributed by atoms with Gasteiger partial charge in [0.25, 0.3) is 0 Å². The van der Waals surface area contributed by atoms with E-state index in [0.717, 1.165) is 105 Å². The van der Waals surface area contributed by atoms with Gasteiger partial charge < -0.3 is 4.42 Å². The van der Waals surface area contributed by atoms with Crippen LogP contribution in [-0.4, -0.2) is 28.2 Å². The van der Waals surface area contributed by atoms with E-state index in [1.165, 1.54) is 206 Å². The van der Waals surface area contributed by atoms with Gasteiger partial charge in [-0.3, -0.25) is 13.2 Å². The largest absolute Gasteiger partial charge is 0.455 e. The van der Waals surface area contributed by atoms with E-state index in [0.29, 0.717) is 0 Å². The van der Waals surface area contributed by atoms with E-state index < -0.39 is 0 Å². The van der Waals surface area contributed by atoms with E-state index in [2.05, 4.69) is 499 Å². The summed E-state index contributed by atoms with van der Waals surface area (Å²) in [4.78, 5) is 15.6. The lowest BCUT2D eigenvalue weighted by molar-refractivity contribution is 0.670. The summed E-state index contributed by atoms with van der Waals surface area (Å²) in [6.07, 6.45) is 0. The number of nitrogens with zero attached hydrogens (tertiary/aromatic N) is 6. The van der Waals surface area contributed by atoms with E-state index in [-0.39, 0.29) is 0 Å². The second-order valence-electron chi connectivity index (χ2n) is 39.0. The molecule has 33 rings (SSSR count). The summed E-state index contributed by atoms with van der Waals surface area (Å²) in [5.41, 5.74) is 28.9. The third kappa shape index (κ3) is 12.4.